The summed E-state index contributed by atoms with van der Waals surface area (Å²) < 4.78 is 8.41. The van der Waals surface area contributed by atoms with Gasteiger partial charge in [-0.25, -0.2) is 0 Å². The van der Waals surface area contributed by atoms with Crippen molar-refractivity contribution in [2.24, 2.45) is 0 Å². The highest BCUT2D eigenvalue weighted by Gasteiger charge is 2.42. The molecule has 2 atom stereocenters. The lowest BCUT2D eigenvalue weighted by atomic mass is 10.0. The van der Waals surface area contributed by atoms with Gasteiger partial charge in [-0.15, -0.1) is 0 Å². The van der Waals surface area contributed by atoms with Crippen LogP contribution in [-0.4, -0.2) is 14.7 Å². The number of anilines is 1. The first kappa shape index (κ1) is 23.9. The van der Waals surface area contributed by atoms with E-state index in [-0.39, 0.29) is 12.1 Å². The van der Waals surface area contributed by atoms with E-state index < -0.39 is 0 Å². The second-order valence-corrected chi connectivity index (χ2v) is 9.83. The van der Waals surface area contributed by atoms with Crippen LogP contribution in [0.1, 0.15) is 34.6 Å². The minimum absolute atomic E-state index is 0.116. The van der Waals surface area contributed by atoms with Gasteiger partial charge >= 0.3 is 0 Å². The lowest BCUT2D eigenvalue weighted by Crippen LogP contribution is -2.30. The number of pyridine rings is 1. The Labute approximate surface area is 228 Å². The van der Waals surface area contributed by atoms with Crippen molar-refractivity contribution in [3.05, 3.63) is 138 Å². The number of nitrogens with one attached hydrogen (secondary N) is 1. The first-order chi connectivity index (χ1) is 18.6. The summed E-state index contributed by atoms with van der Waals surface area (Å²) in [4.78, 5) is 6.89. The fourth-order valence-corrected chi connectivity index (χ4v) is 5.44. The van der Waals surface area contributed by atoms with Gasteiger partial charge in [0.15, 0.2) is 5.11 Å². The van der Waals surface area contributed by atoms with E-state index in [0.717, 1.165) is 39.8 Å². The molecule has 0 spiro atoms. The van der Waals surface area contributed by atoms with E-state index >= 15 is 0 Å². The van der Waals surface area contributed by atoms with Crippen molar-refractivity contribution in [3.63, 3.8) is 0 Å². The summed E-state index contributed by atoms with van der Waals surface area (Å²) in [7, 11) is 0. The molecule has 188 valence electrons. The molecule has 38 heavy (non-hydrogen) atoms. The smallest absolute Gasteiger partial charge is 0.174 e. The zero-order valence-corrected chi connectivity index (χ0v) is 22.1. The number of rotatable bonds is 6. The maximum atomic E-state index is 6.15. The molecule has 1 aliphatic heterocycles. The van der Waals surface area contributed by atoms with E-state index in [1.165, 1.54) is 5.56 Å². The maximum absolute atomic E-state index is 6.15. The van der Waals surface area contributed by atoms with Crippen LogP contribution < -0.4 is 15.0 Å². The van der Waals surface area contributed by atoms with Crippen LogP contribution in [0.3, 0.4) is 0 Å². The van der Waals surface area contributed by atoms with Crippen LogP contribution in [0, 0.1) is 13.8 Å². The Balaban J connectivity index is 1.41. The predicted octanol–water partition coefficient (Wildman–Crippen LogP) is 7.46. The van der Waals surface area contributed by atoms with Gasteiger partial charge in [0.2, 0.25) is 0 Å². The van der Waals surface area contributed by atoms with Crippen LogP contribution in [0.2, 0.25) is 0 Å². The van der Waals surface area contributed by atoms with Gasteiger partial charge in [0.05, 0.1) is 11.7 Å². The number of ether oxygens (including phenoxy) is 1. The summed E-state index contributed by atoms with van der Waals surface area (Å²) in [5.41, 5.74) is 6.50. The molecule has 1 saturated heterocycles. The van der Waals surface area contributed by atoms with E-state index in [0.29, 0.717) is 5.11 Å². The average Bonchev–Trinajstić information content (AvgIpc) is 3.55. The number of thiocarbonyl (C=S) groups is 1. The molecule has 0 unspecified atom stereocenters. The van der Waals surface area contributed by atoms with E-state index in [2.05, 4.69) is 82.5 Å². The molecule has 0 saturated carbocycles. The number of aryl methyl sites for hydroxylation is 2. The molecule has 3 heterocycles. The highest BCUT2D eigenvalue weighted by Crippen LogP contribution is 2.43. The molecule has 5 aromatic rings. The number of hydrogen-bond acceptors (Lipinski definition) is 3. The number of aromatic nitrogens is 2. The van der Waals surface area contributed by atoms with Crippen molar-refractivity contribution in [1.82, 2.24) is 14.9 Å². The third kappa shape index (κ3) is 4.44. The fourth-order valence-electron chi connectivity index (χ4n) is 5.09. The Morgan fingerprint density at radius 1 is 0.789 bits per heavy atom. The van der Waals surface area contributed by atoms with Crippen LogP contribution in [-0.2, 0) is 0 Å². The standard InChI is InChI=1S/C32H28N4OS/c1-22-10-3-5-13-27(22)35-21-9-14-28(35)31-30(26-12-7-8-20-33-26)34-32(38)36(31)24-16-18-25(19-17-24)37-29-15-6-4-11-23(29)2/h3-21,30-31H,1-2H3,(H,34,38)/t30-,31-/m1/s1. The van der Waals surface area contributed by atoms with E-state index in [9.17, 15) is 0 Å². The maximum Gasteiger partial charge on any atom is 0.174 e. The molecule has 0 bridgehead atoms. The van der Waals surface area contributed by atoms with Crippen LogP contribution in [0.5, 0.6) is 11.5 Å². The van der Waals surface area contributed by atoms with Crippen LogP contribution in [0.25, 0.3) is 5.69 Å². The number of para-hydroxylation sites is 2. The Kier molecular flexibility index (Phi) is 6.40. The number of hydrogen-bond donors (Lipinski definition) is 1. The van der Waals surface area contributed by atoms with Crippen molar-refractivity contribution in [2.45, 2.75) is 25.9 Å². The van der Waals surface area contributed by atoms with E-state index in [1.807, 2.05) is 61.7 Å². The Morgan fingerprint density at radius 3 is 2.26 bits per heavy atom. The minimum atomic E-state index is -0.121. The fraction of sp³-hybridized carbons (Fsp3) is 0.125. The molecular weight excluding hydrogens is 488 g/mol. The normalized spacial score (nSPS) is 16.9. The van der Waals surface area contributed by atoms with E-state index in [4.69, 9.17) is 21.9 Å². The molecule has 0 aliphatic carbocycles. The summed E-state index contributed by atoms with van der Waals surface area (Å²) in [5, 5.41) is 4.23. The summed E-state index contributed by atoms with van der Waals surface area (Å²) >= 11 is 5.94. The van der Waals surface area contributed by atoms with Crippen molar-refractivity contribution in [1.29, 1.82) is 0 Å². The van der Waals surface area contributed by atoms with Crippen molar-refractivity contribution in [2.75, 3.05) is 4.90 Å². The van der Waals surface area contributed by atoms with Gasteiger partial charge in [-0.05, 0) is 97.9 Å². The monoisotopic (exact) mass is 516 g/mol. The van der Waals surface area contributed by atoms with Crippen LogP contribution in [0.4, 0.5) is 5.69 Å². The lowest BCUT2D eigenvalue weighted by molar-refractivity contribution is 0.479. The number of benzene rings is 3. The first-order valence-electron chi connectivity index (χ1n) is 12.7. The molecule has 2 aromatic heterocycles. The van der Waals surface area contributed by atoms with Gasteiger partial charge in [0.25, 0.3) is 0 Å². The zero-order chi connectivity index (χ0) is 26.1. The highest BCUT2D eigenvalue weighted by molar-refractivity contribution is 7.80. The van der Waals surface area contributed by atoms with Crippen LogP contribution >= 0.6 is 12.2 Å². The average molecular weight is 517 g/mol. The highest BCUT2D eigenvalue weighted by atomic mass is 32.1. The molecule has 1 N–H and O–H groups in total. The molecule has 3 aromatic carbocycles. The van der Waals surface area contributed by atoms with Gasteiger partial charge in [-0.3, -0.25) is 4.98 Å². The molecule has 0 amide bonds. The second-order valence-electron chi connectivity index (χ2n) is 9.45. The largest absolute Gasteiger partial charge is 0.457 e. The van der Waals surface area contributed by atoms with Crippen LogP contribution in [0.15, 0.2) is 116 Å². The summed E-state index contributed by atoms with van der Waals surface area (Å²) in [6, 6.07) is 34.6. The number of nitrogens with zero attached hydrogens (tertiary/aromatic N) is 3. The topological polar surface area (TPSA) is 42.3 Å². The van der Waals surface area contributed by atoms with Crippen molar-refractivity contribution < 1.29 is 4.74 Å². The Hall–Kier alpha value is -4.42. The van der Waals surface area contributed by atoms with Crippen molar-refractivity contribution >= 4 is 23.0 Å². The van der Waals surface area contributed by atoms with Gasteiger partial charge in [0, 0.05) is 29.5 Å². The third-order valence-electron chi connectivity index (χ3n) is 6.99. The molecule has 5 nitrogen and oxygen atoms in total. The molecule has 1 fully saturated rings. The van der Waals surface area contributed by atoms with Gasteiger partial charge in [-0.1, -0.05) is 42.5 Å². The third-order valence-corrected chi connectivity index (χ3v) is 7.31. The summed E-state index contributed by atoms with van der Waals surface area (Å²) in [6.45, 7) is 4.18. The minimum Gasteiger partial charge on any atom is -0.457 e. The van der Waals surface area contributed by atoms with Gasteiger partial charge in [0.1, 0.15) is 17.5 Å². The quantitative estimate of drug-likeness (QED) is 0.237. The van der Waals surface area contributed by atoms with Gasteiger partial charge < -0.3 is 19.5 Å². The predicted molar refractivity (Wildman–Crippen MR) is 156 cm³/mol. The van der Waals surface area contributed by atoms with E-state index in [1.54, 1.807) is 0 Å². The Morgan fingerprint density at radius 2 is 1.53 bits per heavy atom. The zero-order valence-electron chi connectivity index (χ0n) is 21.3. The Bertz CT molecular complexity index is 1580. The molecular formula is C32H28N4OS. The SMILES string of the molecule is Cc1ccccc1Oc1ccc(N2C(=S)N[C@H](c3ccccn3)[C@H]2c2cccn2-c2ccccc2C)cc1. The molecule has 0 radical (unpaired) electrons. The van der Waals surface area contributed by atoms with Gasteiger partial charge in [-0.2, -0.15) is 0 Å². The summed E-state index contributed by atoms with van der Waals surface area (Å²) in [6.07, 6.45) is 3.95. The molecule has 6 rings (SSSR count). The lowest BCUT2D eigenvalue weighted by Gasteiger charge is -2.29. The summed E-state index contributed by atoms with van der Waals surface area (Å²) in [5.74, 6) is 1.63. The first-order valence-corrected chi connectivity index (χ1v) is 13.1. The molecule has 1 aliphatic rings. The second kappa shape index (κ2) is 10.1. The van der Waals surface area contributed by atoms with Crippen molar-refractivity contribution in [3.8, 4) is 17.2 Å². The molecule has 6 heteroatoms.